The van der Waals surface area contributed by atoms with Crippen LogP contribution in [0.4, 0.5) is 4.79 Å². The number of carbonyl (C=O) groups excluding carboxylic acids is 1. The molecule has 1 aromatic rings. The fraction of sp³-hybridized carbons (Fsp3) is 0.444. The van der Waals surface area contributed by atoms with Crippen molar-refractivity contribution in [2.45, 2.75) is 13.0 Å². The molecule has 1 saturated heterocycles. The molecule has 0 aliphatic carbocycles. The number of halogens is 1. The Morgan fingerprint density at radius 1 is 1.57 bits per heavy atom. The number of rotatable bonds is 2. The van der Waals surface area contributed by atoms with Crippen LogP contribution >= 0.6 is 15.9 Å². The van der Waals surface area contributed by atoms with Crippen molar-refractivity contribution in [1.29, 1.82) is 0 Å². The average molecular weight is 259 g/mol. The van der Waals surface area contributed by atoms with Gasteiger partial charge in [-0.25, -0.2) is 4.79 Å². The SMILES string of the molecule is O=C1OCCCN1Cc1ccc(Br)[nH]1. The molecule has 1 aliphatic rings. The number of aromatic amines is 1. The van der Waals surface area contributed by atoms with Crippen molar-refractivity contribution in [3.63, 3.8) is 0 Å². The largest absolute Gasteiger partial charge is 0.449 e. The number of ether oxygens (including phenoxy) is 1. The summed E-state index contributed by atoms with van der Waals surface area (Å²) < 4.78 is 5.86. The third-order valence-corrected chi connectivity index (χ3v) is 2.59. The molecular formula is C9H11BrN2O2. The van der Waals surface area contributed by atoms with E-state index in [0.29, 0.717) is 13.2 Å². The van der Waals surface area contributed by atoms with Gasteiger partial charge in [0.25, 0.3) is 0 Å². The van der Waals surface area contributed by atoms with Crippen LogP contribution < -0.4 is 0 Å². The number of H-pyrrole nitrogens is 1. The van der Waals surface area contributed by atoms with Crippen molar-refractivity contribution >= 4 is 22.0 Å². The number of nitrogens with one attached hydrogen (secondary N) is 1. The van der Waals surface area contributed by atoms with Gasteiger partial charge in [-0.1, -0.05) is 0 Å². The van der Waals surface area contributed by atoms with E-state index in [1.807, 2.05) is 12.1 Å². The van der Waals surface area contributed by atoms with Crippen LogP contribution in [0.3, 0.4) is 0 Å². The summed E-state index contributed by atoms with van der Waals surface area (Å²) >= 11 is 3.32. The average Bonchev–Trinajstić information content (AvgIpc) is 2.56. The fourth-order valence-corrected chi connectivity index (χ4v) is 1.84. The molecule has 0 spiro atoms. The molecule has 1 fully saturated rings. The molecule has 4 nitrogen and oxygen atoms in total. The van der Waals surface area contributed by atoms with Gasteiger partial charge in [0.05, 0.1) is 17.8 Å². The van der Waals surface area contributed by atoms with Gasteiger partial charge in [-0.15, -0.1) is 0 Å². The molecule has 5 heteroatoms. The number of amides is 1. The predicted octanol–water partition coefficient (Wildman–Crippen LogP) is 2.12. The smallest absolute Gasteiger partial charge is 0.410 e. The molecule has 0 radical (unpaired) electrons. The molecule has 0 bridgehead atoms. The summed E-state index contributed by atoms with van der Waals surface area (Å²) in [4.78, 5) is 16.1. The number of hydrogen-bond acceptors (Lipinski definition) is 2. The minimum Gasteiger partial charge on any atom is -0.449 e. The highest BCUT2D eigenvalue weighted by Gasteiger charge is 2.19. The molecule has 1 N–H and O–H groups in total. The lowest BCUT2D eigenvalue weighted by Crippen LogP contribution is -2.37. The second-order valence-electron chi connectivity index (χ2n) is 3.22. The summed E-state index contributed by atoms with van der Waals surface area (Å²) in [5.74, 6) is 0. The predicted molar refractivity (Wildman–Crippen MR) is 54.9 cm³/mol. The van der Waals surface area contributed by atoms with Gasteiger partial charge in [0.1, 0.15) is 0 Å². The van der Waals surface area contributed by atoms with Crippen molar-refractivity contribution < 1.29 is 9.53 Å². The van der Waals surface area contributed by atoms with Gasteiger partial charge in [-0.2, -0.15) is 0 Å². The van der Waals surface area contributed by atoms with Gasteiger partial charge in [0.2, 0.25) is 0 Å². The summed E-state index contributed by atoms with van der Waals surface area (Å²) in [5.41, 5.74) is 1.01. The Kier molecular flexibility index (Phi) is 2.77. The molecule has 76 valence electrons. The monoisotopic (exact) mass is 258 g/mol. The summed E-state index contributed by atoms with van der Waals surface area (Å²) in [7, 11) is 0. The third kappa shape index (κ3) is 2.09. The van der Waals surface area contributed by atoms with Crippen LogP contribution in [-0.4, -0.2) is 29.1 Å². The number of nitrogens with zero attached hydrogens (tertiary/aromatic N) is 1. The maximum absolute atomic E-state index is 11.3. The normalized spacial score (nSPS) is 16.9. The molecule has 0 atom stereocenters. The molecule has 1 amide bonds. The number of hydrogen-bond donors (Lipinski definition) is 1. The third-order valence-electron chi connectivity index (χ3n) is 2.13. The Morgan fingerprint density at radius 3 is 3.07 bits per heavy atom. The first-order valence-electron chi connectivity index (χ1n) is 4.51. The lowest BCUT2D eigenvalue weighted by molar-refractivity contribution is 0.0696. The summed E-state index contributed by atoms with van der Waals surface area (Å²) in [6.07, 6.45) is 0.690. The van der Waals surface area contributed by atoms with E-state index in [9.17, 15) is 4.79 Å². The van der Waals surface area contributed by atoms with Crippen LogP contribution in [0.2, 0.25) is 0 Å². The van der Waals surface area contributed by atoms with Crippen LogP contribution in [-0.2, 0) is 11.3 Å². The molecule has 14 heavy (non-hydrogen) atoms. The van der Waals surface area contributed by atoms with Gasteiger partial charge in [-0.05, 0) is 34.5 Å². The topological polar surface area (TPSA) is 45.3 Å². The van der Waals surface area contributed by atoms with E-state index < -0.39 is 0 Å². The number of cyclic esters (lactones) is 1. The van der Waals surface area contributed by atoms with Gasteiger partial charge in [0.15, 0.2) is 0 Å². The van der Waals surface area contributed by atoms with E-state index in [4.69, 9.17) is 4.74 Å². The highest BCUT2D eigenvalue weighted by molar-refractivity contribution is 9.10. The molecule has 2 rings (SSSR count). The lowest BCUT2D eigenvalue weighted by Gasteiger charge is -2.25. The van der Waals surface area contributed by atoms with E-state index in [1.165, 1.54) is 0 Å². The highest BCUT2D eigenvalue weighted by Crippen LogP contribution is 2.13. The van der Waals surface area contributed by atoms with Crippen LogP contribution in [0.5, 0.6) is 0 Å². The number of carbonyl (C=O) groups is 1. The van der Waals surface area contributed by atoms with Crippen molar-refractivity contribution in [2.24, 2.45) is 0 Å². The minimum absolute atomic E-state index is 0.220. The van der Waals surface area contributed by atoms with Crippen LogP contribution in [0.15, 0.2) is 16.7 Å². The molecular weight excluding hydrogens is 248 g/mol. The molecule has 0 unspecified atom stereocenters. The Bertz CT molecular complexity index is 337. The Morgan fingerprint density at radius 2 is 2.43 bits per heavy atom. The molecule has 0 aromatic carbocycles. The maximum Gasteiger partial charge on any atom is 0.410 e. The zero-order valence-electron chi connectivity index (χ0n) is 7.62. The van der Waals surface area contributed by atoms with E-state index in [2.05, 4.69) is 20.9 Å². The maximum atomic E-state index is 11.3. The van der Waals surface area contributed by atoms with E-state index in [1.54, 1.807) is 4.90 Å². The molecule has 1 aromatic heterocycles. The first kappa shape index (κ1) is 9.58. The zero-order chi connectivity index (χ0) is 9.97. The minimum atomic E-state index is -0.220. The van der Waals surface area contributed by atoms with Crippen molar-refractivity contribution in [3.05, 3.63) is 22.4 Å². The van der Waals surface area contributed by atoms with Gasteiger partial charge >= 0.3 is 6.09 Å². The molecule has 0 saturated carbocycles. The summed E-state index contributed by atoms with van der Waals surface area (Å²) in [5, 5.41) is 0. The van der Waals surface area contributed by atoms with Gasteiger partial charge < -0.3 is 14.6 Å². The quantitative estimate of drug-likeness (QED) is 0.884. The second kappa shape index (κ2) is 4.04. The van der Waals surface area contributed by atoms with Crippen LogP contribution in [0.1, 0.15) is 12.1 Å². The van der Waals surface area contributed by atoms with Crippen molar-refractivity contribution in [2.75, 3.05) is 13.2 Å². The Balaban J connectivity index is 1.99. The fourth-order valence-electron chi connectivity index (χ4n) is 1.45. The van der Waals surface area contributed by atoms with E-state index in [0.717, 1.165) is 23.3 Å². The van der Waals surface area contributed by atoms with Crippen LogP contribution in [0, 0.1) is 0 Å². The Hall–Kier alpha value is -0.970. The van der Waals surface area contributed by atoms with Gasteiger partial charge in [0, 0.05) is 12.2 Å². The first-order chi connectivity index (χ1) is 6.75. The molecule has 2 heterocycles. The second-order valence-corrected chi connectivity index (χ2v) is 4.08. The highest BCUT2D eigenvalue weighted by atomic mass is 79.9. The van der Waals surface area contributed by atoms with Crippen LogP contribution in [0.25, 0.3) is 0 Å². The zero-order valence-corrected chi connectivity index (χ0v) is 9.21. The Labute approximate surface area is 90.4 Å². The molecule has 1 aliphatic heterocycles. The lowest BCUT2D eigenvalue weighted by atomic mass is 10.3. The van der Waals surface area contributed by atoms with Crippen molar-refractivity contribution in [3.8, 4) is 0 Å². The standard InChI is InChI=1S/C9H11BrN2O2/c10-8-3-2-7(11-8)6-12-4-1-5-14-9(12)13/h2-3,11H,1,4-6H2. The van der Waals surface area contributed by atoms with Gasteiger partial charge in [-0.3, -0.25) is 0 Å². The first-order valence-corrected chi connectivity index (χ1v) is 5.30. The summed E-state index contributed by atoms with van der Waals surface area (Å²) in [6, 6.07) is 3.87. The summed E-state index contributed by atoms with van der Waals surface area (Å²) in [6.45, 7) is 1.91. The van der Waals surface area contributed by atoms with E-state index >= 15 is 0 Å². The van der Waals surface area contributed by atoms with E-state index in [-0.39, 0.29) is 6.09 Å². The number of aromatic nitrogens is 1. The van der Waals surface area contributed by atoms with Crippen molar-refractivity contribution in [1.82, 2.24) is 9.88 Å².